The highest BCUT2D eigenvalue weighted by Crippen LogP contribution is 2.31. The van der Waals surface area contributed by atoms with Gasteiger partial charge in [-0.05, 0) is 36.6 Å². The first-order valence-corrected chi connectivity index (χ1v) is 11.7. The Balaban J connectivity index is 1.98. The predicted molar refractivity (Wildman–Crippen MR) is 133 cm³/mol. The van der Waals surface area contributed by atoms with Crippen LogP contribution >= 0.6 is 12.1 Å². The maximum absolute atomic E-state index is 12.9. The molecule has 0 atom stereocenters. The fourth-order valence-corrected chi connectivity index (χ4v) is 4.24. The van der Waals surface area contributed by atoms with Gasteiger partial charge in [-0.15, -0.1) is 0 Å². The lowest BCUT2D eigenvalue weighted by Crippen LogP contribution is -2.25. The third-order valence-corrected chi connectivity index (χ3v) is 5.86. The number of rotatable bonds is 8. The molecule has 0 amide bonds. The molecular weight excluding hydrogens is 453 g/mol. The summed E-state index contributed by atoms with van der Waals surface area (Å²) in [6, 6.07) is 15.2. The molecule has 0 aliphatic heterocycles. The van der Waals surface area contributed by atoms with E-state index in [9.17, 15) is 13.8 Å². The molecule has 0 saturated carbocycles. The molecule has 2 heterocycles. The van der Waals surface area contributed by atoms with Gasteiger partial charge in [-0.2, -0.15) is 3.89 Å². The minimum absolute atomic E-state index is 0.205. The summed E-state index contributed by atoms with van der Waals surface area (Å²) in [6.07, 6.45) is 0. The zero-order valence-corrected chi connectivity index (χ0v) is 20.3. The van der Waals surface area contributed by atoms with E-state index in [4.69, 9.17) is 4.98 Å². The third-order valence-electron chi connectivity index (χ3n) is 5.41. The number of carboxylic acid groups (broad SMARTS) is 1. The van der Waals surface area contributed by atoms with E-state index in [1.54, 1.807) is 12.1 Å². The molecule has 0 spiro atoms. The molecule has 0 radical (unpaired) electrons. The van der Waals surface area contributed by atoms with Crippen molar-refractivity contribution < 1.29 is 13.8 Å². The molecule has 0 unspecified atom stereocenters. The van der Waals surface area contributed by atoms with Gasteiger partial charge in [-0.25, -0.2) is 19.7 Å². The van der Waals surface area contributed by atoms with Crippen LogP contribution in [-0.2, 0) is 6.54 Å². The largest absolute Gasteiger partial charge is 0.475 e. The SMILES string of the molecule is Cc1cccc(-c2nc3nc(C(=O)O)nc(N(C)CC(C)C)c3n2Cc2ccc(SF)cc2)c1. The van der Waals surface area contributed by atoms with Crippen molar-refractivity contribution in [3.63, 3.8) is 0 Å². The van der Waals surface area contributed by atoms with Crippen LogP contribution in [0.2, 0.25) is 0 Å². The zero-order chi connectivity index (χ0) is 24.4. The van der Waals surface area contributed by atoms with Gasteiger partial charge in [0.25, 0.3) is 0 Å². The lowest BCUT2D eigenvalue weighted by Gasteiger charge is -2.22. The molecule has 9 heteroatoms. The summed E-state index contributed by atoms with van der Waals surface area (Å²) in [7, 11) is 1.89. The number of hydrogen-bond acceptors (Lipinski definition) is 6. The first kappa shape index (κ1) is 23.7. The average Bonchev–Trinajstić information content (AvgIpc) is 3.16. The smallest absolute Gasteiger partial charge is 0.374 e. The molecule has 34 heavy (non-hydrogen) atoms. The summed E-state index contributed by atoms with van der Waals surface area (Å²) >= 11 is 0.205. The molecule has 0 bridgehead atoms. The lowest BCUT2D eigenvalue weighted by molar-refractivity contribution is 0.0684. The monoisotopic (exact) mass is 479 g/mol. The summed E-state index contributed by atoms with van der Waals surface area (Å²) in [5, 5.41) is 9.64. The summed E-state index contributed by atoms with van der Waals surface area (Å²) in [6.45, 7) is 7.31. The molecular formula is C25H26FN5O2S. The molecule has 176 valence electrons. The maximum atomic E-state index is 12.9. The number of aromatic nitrogens is 4. The number of benzene rings is 2. The number of aromatic carboxylic acids is 1. The quantitative estimate of drug-likeness (QED) is 0.351. The lowest BCUT2D eigenvalue weighted by atomic mass is 10.1. The Bertz CT molecular complexity index is 1340. The normalized spacial score (nSPS) is 11.4. The number of imidazole rings is 1. The minimum atomic E-state index is -1.20. The summed E-state index contributed by atoms with van der Waals surface area (Å²) in [5.41, 5.74) is 3.91. The van der Waals surface area contributed by atoms with Gasteiger partial charge in [0, 0.05) is 30.6 Å². The Hall–Kier alpha value is -3.46. The highest BCUT2D eigenvalue weighted by molar-refractivity contribution is 7.94. The first-order chi connectivity index (χ1) is 16.3. The van der Waals surface area contributed by atoms with Gasteiger partial charge in [0.1, 0.15) is 11.3 Å². The molecule has 4 rings (SSSR count). The Morgan fingerprint density at radius 1 is 1.15 bits per heavy atom. The van der Waals surface area contributed by atoms with E-state index >= 15 is 0 Å². The van der Waals surface area contributed by atoms with Crippen molar-refractivity contribution in [1.82, 2.24) is 19.5 Å². The van der Waals surface area contributed by atoms with E-state index in [0.29, 0.717) is 46.7 Å². The van der Waals surface area contributed by atoms with E-state index < -0.39 is 5.97 Å². The van der Waals surface area contributed by atoms with Crippen LogP contribution in [0.5, 0.6) is 0 Å². The molecule has 0 fully saturated rings. The van der Waals surface area contributed by atoms with Gasteiger partial charge < -0.3 is 14.6 Å². The first-order valence-electron chi connectivity index (χ1n) is 10.9. The number of carboxylic acids is 1. The topological polar surface area (TPSA) is 84.1 Å². The third kappa shape index (κ3) is 4.89. The van der Waals surface area contributed by atoms with Crippen LogP contribution in [0.3, 0.4) is 0 Å². The van der Waals surface area contributed by atoms with Crippen LogP contribution in [-0.4, -0.2) is 44.2 Å². The van der Waals surface area contributed by atoms with Gasteiger partial charge in [0.15, 0.2) is 11.5 Å². The number of halogens is 1. The highest BCUT2D eigenvalue weighted by Gasteiger charge is 2.24. The standard InChI is InChI=1S/C25H26FN5O2S/c1-15(2)13-30(4)24-20-21(27-22(29-24)25(32)33)28-23(18-7-5-6-16(3)12-18)31(20)14-17-8-10-19(34-26)11-9-17/h5-12,15H,13-14H2,1-4H3,(H,32,33). The fourth-order valence-electron chi connectivity index (χ4n) is 4.00. The van der Waals surface area contributed by atoms with Crippen LogP contribution in [0.1, 0.15) is 35.6 Å². The summed E-state index contributed by atoms with van der Waals surface area (Å²) in [4.78, 5) is 27.7. The summed E-state index contributed by atoms with van der Waals surface area (Å²) in [5.74, 6) is 0.0219. The van der Waals surface area contributed by atoms with Gasteiger partial charge in [0.2, 0.25) is 5.82 Å². The van der Waals surface area contributed by atoms with Crippen LogP contribution < -0.4 is 4.90 Å². The van der Waals surface area contributed by atoms with E-state index in [1.807, 2.05) is 59.8 Å². The van der Waals surface area contributed by atoms with E-state index in [-0.39, 0.29) is 18.0 Å². The Kier molecular flexibility index (Phi) is 6.83. The van der Waals surface area contributed by atoms with E-state index in [1.165, 1.54) is 0 Å². The van der Waals surface area contributed by atoms with E-state index in [0.717, 1.165) is 16.7 Å². The van der Waals surface area contributed by atoms with Gasteiger partial charge in [-0.3, -0.25) is 0 Å². The Labute approximate surface area is 202 Å². The Morgan fingerprint density at radius 2 is 1.88 bits per heavy atom. The number of aryl methyl sites for hydroxylation is 1. The van der Waals surface area contributed by atoms with Crippen molar-refractivity contribution in [3.8, 4) is 11.4 Å². The van der Waals surface area contributed by atoms with Gasteiger partial charge >= 0.3 is 5.97 Å². The molecule has 0 aliphatic carbocycles. The van der Waals surface area contributed by atoms with Crippen molar-refractivity contribution >= 4 is 35.1 Å². The molecule has 0 aliphatic rings. The molecule has 7 nitrogen and oxygen atoms in total. The van der Waals surface area contributed by atoms with Crippen molar-refractivity contribution in [2.24, 2.45) is 5.92 Å². The number of carbonyl (C=O) groups is 1. The molecule has 4 aromatic rings. The average molecular weight is 480 g/mol. The second-order valence-electron chi connectivity index (χ2n) is 8.73. The Morgan fingerprint density at radius 3 is 2.50 bits per heavy atom. The molecule has 2 aromatic carbocycles. The van der Waals surface area contributed by atoms with E-state index in [2.05, 4.69) is 23.8 Å². The maximum Gasteiger partial charge on any atom is 0.374 e. The number of hydrogen-bond donors (Lipinski definition) is 1. The van der Waals surface area contributed by atoms with Crippen LogP contribution in [0.15, 0.2) is 53.4 Å². The molecule has 0 saturated heterocycles. The number of anilines is 1. The van der Waals surface area contributed by atoms with Gasteiger partial charge in [-0.1, -0.05) is 49.7 Å². The van der Waals surface area contributed by atoms with Crippen molar-refractivity contribution in [2.45, 2.75) is 32.2 Å². The minimum Gasteiger partial charge on any atom is -0.475 e. The highest BCUT2D eigenvalue weighted by atomic mass is 32.2. The number of nitrogens with zero attached hydrogens (tertiary/aromatic N) is 5. The second kappa shape index (κ2) is 9.80. The summed E-state index contributed by atoms with van der Waals surface area (Å²) < 4.78 is 15.0. The van der Waals surface area contributed by atoms with Crippen molar-refractivity contribution in [2.75, 3.05) is 18.5 Å². The zero-order valence-electron chi connectivity index (χ0n) is 19.5. The van der Waals surface area contributed by atoms with Crippen molar-refractivity contribution in [1.29, 1.82) is 0 Å². The van der Waals surface area contributed by atoms with Crippen LogP contribution in [0.4, 0.5) is 9.70 Å². The van der Waals surface area contributed by atoms with Crippen LogP contribution in [0.25, 0.3) is 22.6 Å². The van der Waals surface area contributed by atoms with Crippen molar-refractivity contribution in [3.05, 3.63) is 65.5 Å². The predicted octanol–water partition coefficient (Wildman–Crippen LogP) is 5.62. The second-order valence-corrected chi connectivity index (χ2v) is 9.36. The number of fused-ring (bicyclic) bond motifs is 1. The fraction of sp³-hybridized carbons (Fsp3) is 0.280. The molecule has 1 N–H and O–H groups in total. The van der Waals surface area contributed by atoms with Gasteiger partial charge in [0.05, 0.1) is 12.1 Å². The van der Waals surface area contributed by atoms with Crippen LogP contribution in [0, 0.1) is 12.8 Å². The molecule has 2 aromatic heterocycles.